The molecule has 4 aliphatic carbocycles. The van der Waals surface area contributed by atoms with Gasteiger partial charge in [-0.15, -0.1) is 0 Å². The number of fused-ring (bicyclic) bond motifs is 5. The summed E-state index contributed by atoms with van der Waals surface area (Å²) in [6.45, 7) is 11.2. The van der Waals surface area contributed by atoms with Gasteiger partial charge in [-0.05, 0) is 112 Å². The van der Waals surface area contributed by atoms with Crippen molar-refractivity contribution in [3.05, 3.63) is 0 Å². The smallest absolute Gasteiger partial charge is 0.320 e. The van der Waals surface area contributed by atoms with Crippen LogP contribution in [0.4, 0.5) is 0 Å². The van der Waals surface area contributed by atoms with Gasteiger partial charge in [0.1, 0.15) is 11.9 Å². The Morgan fingerprint density at radius 2 is 1.85 bits per heavy atom. The second kappa shape index (κ2) is 9.18. The number of ether oxygens (including phenoxy) is 1. The van der Waals surface area contributed by atoms with E-state index in [1.807, 2.05) is 0 Å². The third kappa shape index (κ3) is 4.17. The van der Waals surface area contributed by atoms with Crippen LogP contribution in [-0.2, 0) is 14.3 Å². The second-order valence-corrected chi connectivity index (χ2v) is 13.5. The zero-order valence-corrected chi connectivity index (χ0v) is 21.9. The lowest BCUT2D eigenvalue weighted by Crippen LogP contribution is -2.60. The summed E-state index contributed by atoms with van der Waals surface area (Å²) in [4.78, 5) is 28.3. The number of carbonyl (C=O) groups is 2. The summed E-state index contributed by atoms with van der Waals surface area (Å²) in [6.07, 6.45) is 10.2. The van der Waals surface area contributed by atoms with E-state index in [2.05, 4.69) is 25.7 Å². The number of Topliss-reactive ketones (excluding diaryl/α,β-unsaturated/α-hetero) is 1. The number of aliphatic hydroxyl groups excluding tert-OH is 1. The first-order valence-electron chi connectivity index (χ1n) is 14.2. The highest BCUT2D eigenvalue weighted by Crippen LogP contribution is 2.68. The van der Waals surface area contributed by atoms with Crippen LogP contribution in [0.5, 0.6) is 0 Å². The summed E-state index contributed by atoms with van der Waals surface area (Å²) < 4.78 is 6.49. The van der Waals surface area contributed by atoms with Gasteiger partial charge < -0.3 is 9.84 Å². The minimum absolute atomic E-state index is 0.0606. The summed E-state index contributed by atoms with van der Waals surface area (Å²) in [5.74, 6) is 2.92. The Bertz CT molecular complexity index is 799. The molecule has 5 aliphatic rings. The zero-order chi connectivity index (χ0) is 24.3. The Morgan fingerprint density at radius 1 is 1.06 bits per heavy atom. The maximum atomic E-state index is 13.3. The largest absolute Gasteiger partial charge is 0.461 e. The van der Waals surface area contributed by atoms with Crippen molar-refractivity contribution in [1.82, 2.24) is 4.90 Å². The molecule has 0 bridgehead atoms. The molecule has 5 rings (SSSR count). The van der Waals surface area contributed by atoms with Gasteiger partial charge in [-0.3, -0.25) is 14.5 Å². The first kappa shape index (κ1) is 24.7. The van der Waals surface area contributed by atoms with Crippen molar-refractivity contribution < 1.29 is 19.4 Å². The van der Waals surface area contributed by atoms with Crippen molar-refractivity contribution in [1.29, 1.82) is 0 Å². The molecule has 0 aromatic carbocycles. The van der Waals surface area contributed by atoms with E-state index in [0.717, 1.165) is 64.5 Å². The Morgan fingerprint density at radius 3 is 2.59 bits per heavy atom. The lowest BCUT2D eigenvalue weighted by atomic mass is 9.43. The molecule has 1 aliphatic heterocycles. The fourth-order valence-electron chi connectivity index (χ4n) is 9.92. The highest BCUT2D eigenvalue weighted by Gasteiger charge is 2.64. The zero-order valence-electron chi connectivity index (χ0n) is 21.9. The van der Waals surface area contributed by atoms with E-state index < -0.39 is 0 Å². The quantitative estimate of drug-likeness (QED) is 0.591. The fourth-order valence-corrected chi connectivity index (χ4v) is 9.92. The van der Waals surface area contributed by atoms with E-state index >= 15 is 0 Å². The number of hydrogen-bond donors (Lipinski definition) is 1. The number of rotatable bonds is 4. The Balaban J connectivity index is 1.42. The molecule has 1 saturated heterocycles. The number of aliphatic hydroxyl groups is 1. The molecule has 192 valence electrons. The first-order valence-corrected chi connectivity index (χ1v) is 14.2. The molecule has 5 fully saturated rings. The lowest BCUT2D eigenvalue weighted by molar-refractivity contribution is -0.199. The maximum absolute atomic E-state index is 13.3. The van der Waals surface area contributed by atoms with Gasteiger partial charge in [-0.2, -0.15) is 0 Å². The van der Waals surface area contributed by atoms with Gasteiger partial charge in [0.25, 0.3) is 0 Å². The third-order valence-electron chi connectivity index (χ3n) is 11.4. The molecule has 5 nitrogen and oxygen atoms in total. The normalized spacial score (nSPS) is 49.0. The molecule has 0 aromatic heterocycles. The van der Waals surface area contributed by atoms with Crippen LogP contribution in [0.15, 0.2) is 0 Å². The molecule has 0 amide bonds. The number of esters is 1. The van der Waals surface area contributed by atoms with Crippen molar-refractivity contribution in [3.8, 4) is 0 Å². The maximum Gasteiger partial charge on any atom is 0.320 e. The van der Waals surface area contributed by atoms with Crippen LogP contribution >= 0.6 is 0 Å². The van der Waals surface area contributed by atoms with E-state index in [1.54, 1.807) is 6.92 Å². The molecule has 5 heteroatoms. The van der Waals surface area contributed by atoms with Crippen LogP contribution in [0.2, 0.25) is 0 Å². The molecule has 1 unspecified atom stereocenters. The van der Waals surface area contributed by atoms with Crippen molar-refractivity contribution in [2.75, 3.05) is 19.6 Å². The Labute approximate surface area is 206 Å². The van der Waals surface area contributed by atoms with E-state index in [-0.39, 0.29) is 34.9 Å². The Hall–Kier alpha value is -0.940. The summed E-state index contributed by atoms with van der Waals surface area (Å²) in [7, 11) is 0. The summed E-state index contributed by atoms with van der Waals surface area (Å²) in [5, 5.41) is 10.4. The van der Waals surface area contributed by atoms with Crippen LogP contribution in [0, 0.1) is 46.3 Å². The summed E-state index contributed by atoms with van der Waals surface area (Å²) in [5.41, 5.74) is 0.0529. The van der Waals surface area contributed by atoms with Crippen molar-refractivity contribution >= 4 is 11.8 Å². The molecule has 4 saturated carbocycles. The number of likely N-dealkylation sites (tertiary alicyclic amines) is 1. The number of hydrogen-bond acceptors (Lipinski definition) is 5. The number of carbonyl (C=O) groups excluding carboxylic acids is 2. The van der Waals surface area contributed by atoms with Gasteiger partial charge >= 0.3 is 5.97 Å². The summed E-state index contributed by atoms with van der Waals surface area (Å²) in [6, 6.07) is 0. The predicted octanol–water partition coefficient (Wildman–Crippen LogP) is 4.85. The van der Waals surface area contributed by atoms with Gasteiger partial charge in [0.05, 0.1) is 12.6 Å². The third-order valence-corrected chi connectivity index (χ3v) is 11.4. The fraction of sp³-hybridized carbons (Fsp3) is 0.931. The SMILES string of the molecule is CC(=O)[C@H]1CC[C@H]2[C@@H]3CC[C@H]4C[C@H](O)CC[C@]4(C)[C@H]3[C@@H](OC(=O)CN3CCCC(C)C3)C[C@]12C. The average molecular weight is 474 g/mol. The van der Waals surface area contributed by atoms with Gasteiger partial charge in [0.2, 0.25) is 0 Å². The molecule has 0 spiro atoms. The van der Waals surface area contributed by atoms with Crippen molar-refractivity contribution in [2.24, 2.45) is 46.3 Å². The number of piperidine rings is 1. The van der Waals surface area contributed by atoms with Gasteiger partial charge in [0, 0.05) is 18.4 Å². The van der Waals surface area contributed by atoms with Gasteiger partial charge in [-0.25, -0.2) is 0 Å². The van der Waals surface area contributed by atoms with Crippen molar-refractivity contribution in [2.45, 2.75) is 104 Å². The number of nitrogens with zero attached hydrogens (tertiary/aromatic N) is 1. The molecule has 1 N–H and O–H groups in total. The predicted molar refractivity (Wildman–Crippen MR) is 132 cm³/mol. The van der Waals surface area contributed by atoms with Gasteiger partial charge in [-0.1, -0.05) is 20.8 Å². The van der Waals surface area contributed by atoms with Crippen LogP contribution in [0.25, 0.3) is 0 Å². The lowest BCUT2D eigenvalue weighted by Gasteiger charge is -2.62. The van der Waals surface area contributed by atoms with Crippen molar-refractivity contribution in [3.63, 3.8) is 0 Å². The molecular formula is C29H47NO4. The highest BCUT2D eigenvalue weighted by molar-refractivity contribution is 5.79. The molecule has 10 atom stereocenters. The van der Waals surface area contributed by atoms with Crippen LogP contribution in [0.3, 0.4) is 0 Å². The van der Waals surface area contributed by atoms with E-state index in [4.69, 9.17) is 4.74 Å². The minimum atomic E-state index is -0.181. The average Bonchev–Trinajstić information content (AvgIpc) is 3.11. The topological polar surface area (TPSA) is 66.8 Å². The Kier molecular flexibility index (Phi) is 6.68. The molecule has 1 heterocycles. The van der Waals surface area contributed by atoms with E-state index in [1.165, 1.54) is 12.8 Å². The molecule has 34 heavy (non-hydrogen) atoms. The standard InChI is InChI=1S/C29H47NO4/c1-18-6-5-13-30(16-18)17-26(33)34-25-15-29(4)23(19(2)31)9-10-24(29)22-8-7-20-14-21(32)11-12-28(20,3)27(22)25/h18,20-25,27,32H,5-17H2,1-4H3/t18?,20-,21+,22-,23+,24-,25-,27+,28-,29+/m0/s1. The first-order chi connectivity index (χ1) is 16.1. The molecule has 0 radical (unpaired) electrons. The highest BCUT2D eigenvalue weighted by atomic mass is 16.5. The second-order valence-electron chi connectivity index (χ2n) is 13.5. The monoisotopic (exact) mass is 473 g/mol. The van der Waals surface area contributed by atoms with E-state index in [0.29, 0.717) is 41.9 Å². The van der Waals surface area contributed by atoms with Crippen LogP contribution < -0.4 is 0 Å². The summed E-state index contributed by atoms with van der Waals surface area (Å²) >= 11 is 0. The molecule has 0 aromatic rings. The molecular weight excluding hydrogens is 426 g/mol. The number of ketones is 1. The van der Waals surface area contributed by atoms with Crippen LogP contribution in [-0.4, -0.2) is 53.6 Å². The minimum Gasteiger partial charge on any atom is -0.461 e. The van der Waals surface area contributed by atoms with E-state index in [9.17, 15) is 14.7 Å². The van der Waals surface area contributed by atoms with Gasteiger partial charge in [0.15, 0.2) is 0 Å². The van der Waals surface area contributed by atoms with Crippen LogP contribution in [0.1, 0.15) is 91.9 Å².